The molecule has 106 valence electrons. The number of hydrogen-bond donors (Lipinski definition) is 2. The van der Waals surface area contributed by atoms with E-state index in [2.05, 4.69) is 20.7 Å². The molecule has 0 aliphatic heterocycles. The molecule has 0 radical (unpaired) electrons. The average Bonchev–Trinajstić information content (AvgIpc) is 2.37. The van der Waals surface area contributed by atoms with Gasteiger partial charge in [-0.05, 0) is 59.1 Å². The van der Waals surface area contributed by atoms with Crippen molar-refractivity contribution in [1.82, 2.24) is 0 Å². The fourth-order valence-corrected chi connectivity index (χ4v) is 3.93. The number of hydrogen-bond acceptors (Lipinski definition) is 3. The second-order valence-corrected chi connectivity index (χ2v) is 6.98. The molecular weight excluding hydrogens is 340 g/mol. The summed E-state index contributed by atoms with van der Waals surface area (Å²) in [5.74, 6) is 0. The number of para-hydroxylation sites is 1. The van der Waals surface area contributed by atoms with Crippen LogP contribution in [0.1, 0.15) is 11.1 Å². The molecule has 0 aliphatic rings. The van der Waals surface area contributed by atoms with Crippen LogP contribution in [0.15, 0.2) is 45.8 Å². The van der Waals surface area contributed by atoms with Crippen LogP contribution in [-0.4, -0.2) is 8.42 Å². The summed E-state index contributed by atoms with van der Waals surface area (Å²) in [6.45, 7) is 3.60. The number of nitrogens with two attached hydrogens (primary N) is 1. The largest absolute Gasteiger partial charge is 0.398 e. The van der Waals surface area contributed by atoms with Gasteiger partial charge >= 0.3 is 0 Å². The van der Waals surface area contributed by atoms with E-state index in [9.17, 15) is 8.42 Å². The third-order valence-electron chi connectivity index (χ3n) is 3.09. The Labute approximate surface area is 127 Å². The second-order valence-electron chi connectivity index (χ2n) is 4.51. The molecule has 0 unspecified atom stereocenters. The molecule has 0 fully saturated rings. The summed E-state index contributed by atoms with van der Waals surface area (Å²) in [7, 11) is -3.72. The molecule has 0 saturated carbocycles. The standard InChI is InChI=1S/C14H15BrN2O2S/c1-9-7-8-12(16)14(10(9)2)20(18,19)17-13-6-4-3-5-11(13)15/h3-8,17H,16H2,1-2H3. The third kappa shape index (κ3) is 2.81. The number of aryl methyl sites for hydroxylation is 1. The van der Waals surface area contributed by atoms with E-state index in [-0.39, 0.29) is 10.6 Å². The van der Waals surface area contributed by atoms with Crippen molar-refractivity contribution in [2.24, 2.45) is 0 Å². The highest BCUT2D eigenvalue weighted by atomic mass is 79.9. The van der Waals surface area contributed by atoms with Crippen molar-refractivity contribution in [3.05, 3.63) is 52.0 Å². The second kappa shape index (κ2) is 5.46. The van der Waals surface area contributed by atoms with Crippen molar-refractivity contribution < 1.29 is 8.42 Å². The Balaban J connectivity index is 2.52. The van der Waals surface area contributed by atoms with Crippen molar-refractivity contribution >= 4 is 37.3 Å². The van der Waals surface area contributed by atoms with E-state index in [0.29, 0.717) is 15.7 Å². The van der Waals surface area contributed by atoms with Crippen LogP contribution in [0.2, 0.25) is 0 Å². The fraction of sp³-hybridized carbons (Fsp3) is 0.143. The smallest absolute Gasteiger partial charge is 0.264 e. The molecule has 0 aliphatic carbocycles. The Morgan fingerprint density at radius 2 is 1.75 bits per heavy atom. The lowest BCUT2D eigenvalue weighted by Gasteiger charge is -2.15. The highest BCUT2D eigenvalue weighted by Gasteiger charge is 2.21. The summed E-state index contributed by atoms with van der Waals surface area (Å²) in [6, 6.07) is 10.4. The topological polar surface area (TPSA) is 72.2 Å². The number of anilines is 2. The van der Waals surface area contributed by atoms with E-state index >= 15 is 0 Å². The van der Waals surface area contributed by atoms with Crippen molar-refractivity contribution in [3.63, 3.8) is 0 Å². The number of nitrogen functional groups attached to an aromatic ring is 1. The molecule has 0 amide bonds. The predicted octanol–water partition coefficient (Wildman–Crippen LogP) is 3.45. The predicted molar refractivity (Wildman–Crippen MR) is 85.3 cm³/mol. The normalized spacial score (nSPS) is 11.3. The molecule has 20 heavy (non-hydrogen) atoms. The van der Waals surface area contributed by atoms with Crippen LogP contribution in [-0.2, 0) is 10.0 Å². The van der Waals surface area contributed by atoms with Crippen LogP contribution >= 0.6 is 15.9 Å². The van der Waals surface area contributed by atoms with Crippen LogP contribution < -0.4 is 10.5 Å². The van der Waals surface area contributed by atoms with Gasteiger partial charge in [0.1, 0.15) is 4.90 Å². The fourth-order valence-electron chi connectivity index (χ4n) is 1.91. The number of nitrogens with one attached hydrogen (secondary N) is 1. The monoisotopic (exact) mass is 354 g/mol. The summed E-state index contributed by atoms with van der Waals surface area (Å²) < 4.78 is 28.3. The lowest BCUT2D eigenvalue weighted by Crippen LogP contribution is -2.17. The van der Waals surface area contributed by atoms with E-state index in [1.165, 1.54) is 0 Å². The van der Waals surface area contributed by atoms with Crippen LogP contribution in [0.4, 0.5) is 11.4 Å². The molecule has 0 atom stereocenters. The number of rotatable bonds is 3. The third-order valence-corrected chi connectivity index (χ3v) is 5.35. The van der Waals surface area contributed by atoms with Gasteiger partial charge in [-0.1, -0.05) is 18.2 Å². The zero-order valence-electron chi connectivity index (χ0n) is 11.1. The van der Waals surface area contributed by atoms with Gasteiger partial charge in [0.05, 0.1) is 11.4 Å². The van der Waals surface area contributed by atoms with Crippen LogP contribution in [0.5, 0.6) is 0 Å². The molecule has 6 heteroatoms. The minimum Gasteiger partial charge on any atom is -0.398 e. The van der Waals surface area contributed by atoms with E-state index in [4.69, 9.17) is 5.73 Å². The minimum absolute atomic E-state index is 0.133. The maximum Gasteiger partial charge on any atom is 0.264 e. The van der Waals surface area contributed by atoms with Gasteiger partial charge in [0.2, 0.25) is 0 Å². The van der Waals surface area contributed by atoms with Gasteiger partial charge in [-0.15, -0.1) is 0 Å². The SMILES string of the molecule is Cc1ccc(N)c(S(=O)(=O)Nc2ccccc2Br)c1C. The van der Waals surface area contributed by atoms with Gasteiger partial charge < -0.3 is 5.73 Å². The van der Waals surface area contributed by atoms with Gasteiger partial charge in [0.15, 0.2) is 0 Å². The van der Waals surface area contributed by atoms with Gasteiger partial charge in [-0.25, -0.2) is 8.42 Å². The maximum atomic E-state index is 12.5. The highest BCUT2D eigenvalue weighted by Crippen LogP contribution is 2.29. The quantitative estimate of drug-likeness (QED) is 0.829. The molecular formula is C14H15BrN2O2S. The summed E-state index contributed by atoms with van der Waals surface area (Å²) in [4.78, 5) is 0.133. The lowest BCUT2D eigenvalue weighted by atomic mass is 10.1. The van der Waals surface area contributed by atoms with E-state index in [1.807, 2.05) is 19.1 Å². The van der Waals surface area contributed by atoms with Crippen molar-refractivity contribution in [1.29, 1.82) is 0 Å². The van der Waals surface area contributed by atoms with Crippen LogP contribution in [0, 0.1) is 13.8 Å². The van der Waals surface area contributed by atoms with Crippen molar-refractivity contribution in [3.8, 4) is 0 Å². The molecule has 0 saturated heterocycles. The van der Waals surface area contributed by atoms with Crippen molar-refractivity contribution in [2.75, 3.05) is 10.5 Å². The Morgan fingerprint density at radius 3 is 2.40 bits per heavy atom. The molecule has 0 bridgehead atoms. The van der Waals surface area contributed by atoms with Gasteiger partial charge in [-0.3, -0.25) is 4.72 Å². The minimum atomic E-state index is -3.72. The van der Waals surface area contributed by atoms with Crippen LogP contribution in [0.3, 0.4) is 0 Å². The molecule has 3 N–H and O–H groups in total. The molecule has 0 heterocycles. The molecule has 0 aromatic heterocycles. The number of sulfonamides is 1. The Hall–Kier alpha value is -1.53. The summed E-state index contributed by atoms with van der Waals surface area (Å²) in [5.41, 5.74) is 8.10. The van der Waals surface area contributed by atoms with E-state index < -0.39 is 10.0 Å². The van der Waals surface area contributed by atoms with Crippen molar-refractivity contribution in [2.45, 2.75) is 18.7 Å². The van der Waals surface area contributed by atoms with E-state index in [1.54, 1.807) is 31.2 Å². The number of benzene rings is 2. The zero-order chi connectivity index (χ0) is 14.9. The van der Waals surface area contributed by atoms with Gasteiger partial charge in [0.25, 0.3) is 10.0 Å². The molecule has 2 aromatic rings. The molecule has 2 rings (SSSR count). The lowest BCUT2D eigenvalue weighted by molar-refractivity contribution is 0.601. The highest BCUT2D eigenvalue weighted by molar-refractivity contribution is 9.10. The molecule has 4 nitrogen and oxygen atoms in total. The van der Waals surface area contributed by atoms with Crippen LogP contribution in [0.25, 0.3) is 0 Å². The first-order chi connectivity index (χ1) is 9.33. The Bertz CT molecular complexity index is 758. The Kier molecular flexibility index (Phi) is 4.06. The summed E-state index contributed by atoms with van der Waals surface area (Å²) >= 11 is 3.31. The zero-order valence-corrected chi connectivity index (χ0v) is 13.5. The summed E-state index contributed by atoms with van der Waals surface area (Å²) in [6.07, 6.45) is 0. The summed E-state index contributed by atoms with van der Waals surface area (Å²) in [5, 5.41) is 0. The average molecular weight is 355 g/mol. The van der Waals surface area contributed by atoms with E-state index in [0.717, 1.165) is 5.56 Å². The van der Waals surface area contributed by atoms with Gasteiger partial charge in [-0.2, -0.15) is 0 Å². The first-order valence-corrected chi connectivity index (χ1v) is 8.23. The number of halogens is 1. The first-order valence-electron chi connectivity index (χ1n) is 5.96. The van der Waals surface area contributed by atoms with Gasteiger partial charge in [0, 0.05) is 4.47 Å². The molecule has 0 spiro atoms. The Morgan fingerprint density at radius 1 is 1.10 bits per heavy atom. The first kappa shape index (κ1) is 14.9. The molecule has 2 aromatic carbocycles. The maximum absolute atomic E-state index is 12.5.